The molecule has 1 heterocycles. The minimum absolute atomic E-state index is 0.321. The summed E-state index contributed by atoms with van der Waals surface area (Å²) in [7, 11) is 0. The summed E-state index contributed by atoms with van der Waals surface area (Å²) in [5, 5.41) is 0.687. The van der Waals surface area contributed by atoms with Gasteiger partial charge in [-0.3, -0.25) is 4.90 Å². The first kappa shape index (κ1) is 11.4. The molecule has 0 saturated carbocycles. The molecule has 2 heteroatoms. The van der Waals surface area contributed by atoms with Gasteiger partial charge in [0.1, 0.15) is 0 Å². The van der Waals surface area contributed by atoms with Crippen molar-refractivity contribution in [1.29, 1.82) is 0 Å². The molecule has 78 valence electrons. The van der Waals surface area contributed by atoms with Crippen molar-refractivity contribution in [3.63, 3.8) is 0 Å². The van der Waals surface area contributed by atoms with Gasteiger partial charge in [-0.2, -0.15) is 0 Å². The van der Waals surface area contributed by atoms with Crippen molar-refractivity contribution in [3.8, 4) is 0 Å². The normalized spacial score (nSPS) is 26.8. The number of nitrogens with zero attached hydrogens (tertiary/aromatic N) is 1. The van der Waals surface area contributed by atoms with Gasteiger partial charge in [0, 0.05) is 17.8 Å². The summed E-state index contributed by atoms with van der Waals surface area (Å²) in [5.41, 5.74) is 0.718. The van der Waals surface area contributed by atoms with E-state index < -0.39 is 0 Å². The Morgan fingerprint density at radius 1 is 1.08 bits per heavy atom. The third kappa shape index (κ3) is 2.63. The van der Waals surface area contributed by atoms with Crippen molar-refractivity contribution in [2.75, 3.05) is 12.3 Å². The molecule has 1 aliphatic rings. The highest BCUT2D eigenvalue weighted by molar-refractivity contribution is 8.00. The summed E-state index contributed by atoms with van der Waals surface area (Å²) in [6, 6.07) is 0. The van der Waals surface area contributed by atoms with Gasteiger partial charge in [-0.25, -0.2) is 0 Å². The molecule has 0 amide bonds. The van der Waals surface area contributed by atoms with Crippen LogP contribution < -0.4 is 0 Å². The predicted molar refractivity (Wildman–Crippen MR) is 62.2 cm³/mol. The van der Waals surface area contributed by atoms with Crippen LogP contribution in [-0.2, 0) is 0 Å². The van der Waals surface area contributed by atoms with Gasteiger partial charge in [0.05, 0.1) is 5.37 Å². The minimum atomic E-state index is 0.321. The van der Waals surface area contributed by atoms with E-state index in [1.807, 2.05) is 0 Å². The lowest BCUT2D eigenvalue weighted by atomic mass is 9.92. The maximum atomic E-state index is 2.64. The number of hydrogen-bond donors (Lipinski definition) is 0. The maximum absolute atomic E-state index is 2.64. The minimum Gasteiger partial charge on any atom is -0.285 e. The van der Waals surface area contributed by atoms with Crippen LogP contribution in [0.25, 0.3) is 0 Å². The lowest BCUT2D eigenvalue weighted by Gasteiger charge is -2.42. The van der Waals surface area contributed by atoms with E-state index in [1.165, 1.54) is 12.3 Å². The quantitative estimate of drug-likeness (QED) is 0.592. The largest absolute Gasteiger partial charge is 0.285 e. The van der Waals surface area contributed by atoms with E-state index in [0.717, 1.165) is 0 Å². The first-order valence-electron chi connectivity index (χ1n) is 5.11. The van der Waals surface area contributed by atoms with E-state index in [0.29, 0.717) is 16.3 Å². The zero-order valence-electron chi connectivity index (χ0n) is 9.85. The van der Waals surface area contributed by atoms with Crippen LogP contribution in [0.1, 0.15) is 41.5 Å². The monoisotopic (exact) mass is 201 g/mol. The number of rotatable bonds is 0. The molecular weight excluding hydrogens is 178 g/mol. The molecule has 0 bridgehead atoms. The Kier molecular flexibility index (Phi) is 3.04. The first-order chi connectivity index (χ1) is 5.73. The van der Waals surface area contributed by atoms with Crippen molar-refractivity contribution >= 4 is 11.8 Å². The summed E-state index contributed by atoms with van der Waals surface area (Å²) in [5.74, 6) is 1.29. The second-order valence-corrected chi connectivity index (χ2v) is 7.14. The molecule has 1 aliphatic heterocycles. The molecular formula is C11H23NS. The van der Waals surface area contributed by atoms with Crippen molar-refractivity contribution in [1.82, 2.24) is 4.90 Å². The Labute approximate surface area is 87.3 Å². The molecule has 0 aromatic carbocycles. The van der Waals surface area contributed by atoms with Crippen LogP contribution >= 0.6 is 11.8 Å². The van der Waals surface area contributed by atoms with E-state index in [9.17, 15) is 0 Å². The van der Waals surface area contributed by atoms with Gasteiger partial charge >= 0.3 is 0 Å². The van der Waals surface area contributed by atoms with Crippen molar-refractivity contribution < 1.29 is 0 Å². The molecule has 0 aromatic rings. The second-order valence-electron chi connectivity index (χ2n) is 5.95. The van der Waals surface area contributed by atoms with Crippen molar-refractivity contribution in [2.45, 2.75) is 52.5 Å². The molecule has 1 saturated heterocycles. The SMILES string of the molecule is CC(C)(C)C1SCCN1C(C)(C)C. The number of thioether (sulfide) groups is 1. The van der Waals surface area contributed by atoms with Crippen LogP contribution in [0.2, 0.25) is 0 Å². The lowest BCUT2D eigenvalue weighted by molar-refractivity contribution is 0.0887. The van der Waals surface area contributed by atoms with E-state index >= 15 is 0 Å². The van der Waals surface area contributed by atoms with Crippen molar-refractivity contribution in [2.24, 2.45) is 5.41 Å². The van der Waals surface area contributed by atoms with E-state index in [1.54, 1.807) is 0 Å². The maximum Gasteiger partial charge on any atom is 0.0611 e. The summed E-state index contributed by atoms with van der Waals surface area (Å²) < 4.78 is 0. The molecule has 0 N–H and O–H groups in total. The second kappa shape index (κ2) is 3.47. The van der Waals surface area contributed by atoms with Gasteiger partial charge in [0.2, 0.25) is 0 Å². The predicted octanol–water partition coefficient (Wildman–Crippen LogP) is 3.21. The average molecular weight is 201 g/mol. The van der Waals surface area contributed by atoms with Crippen LogP contribution in [-0.4, -0.2) is 28.1 Å². The molecule has 0 radical (unpaired) electrons. The van der Waals surface area contributed by atoms with Crippen LogP contribution in [0.15, 0.2) is 0 Å². The van der Waals surface area contributed by atoms with Crippen molar-refractivity contribution in [3.05, 3.63) is 0 Å². The molecule has 1 nitrogen and oxygen atoms in total. The van der Waals surface area contributed by atoms with E-state index in [-0.39, 0.29) is 0 Å². The Hall–Kier alpha value is 0.310. The number of hydrogen-bond acceptors (Lipinski definition) is 2. The molecule has 0 aromatic heterocycles. The fourth-order valence-electron chi connectivity index (χ4n) is 1.87. The van der Waals surface area contributed by atoms with Crippen LogP contribution in [0.3, 0.4) is 0 Å². The Bertz CT molecular complexity index is 156. The Morgan fingerprint density at radius 3 is 1.92 bits per heavy atom. The Morgan fingerprint density at radius 2 is 1.62 bits per heavy atom. The topological polar surface area (TPSA) is 3.24 Å². The third-order valence-corrected chi connectivity index (χ3v) is 4.19. The molecule has 1 rings (SSSR count). The molecule has 1 unspecified atom stereocenters. The fraction of sp³-hybridized carbons (Fsp3) is 1.00. The molecule has 13 heavy (non-hydrogen) atoms. The van der Waals surface area contributed by atoms with E-state index in [2.05, 4.69) is 58.2 Å². The zero-order chi connectivity index (χ0) is 10.3. The summed E-state index contributed by atoms with van der Waals surface area (Å²) in [6.45, 7) is 15.2. The fourth-order valence-corrected chi connectivity index (χ4v) is 3.50. The molecule has 1 atom stereocenters. The Balaban J connectivity index is 2.76. The van der Waals surface area contributed by atoms with Crippen LogP contribution in [0.4, 0.5) is 0 Å². The van der Waals surface area contributed by atoms with Crippen LogP contribution in [0, 0.1) is 5.41 Å². The molecule has 0 spiro atoms. The van der Waals surface area contributed by atoms with E-state index in [4.69, 9.17) is 0 Å². The summed E-state index contributed by atoms with van der Waals surface area (Å²) >= 11 is 2.11. The summed E-state index contributed by atoms with van der Waals surface area (Å²) in [6.07, 6.45) is 0. The van der Waals surface area contributed by atoms with Gasteiger partial charge in [0.25, 0.3) is 0 Å². The lowest BCUT2D eigenvalue weighted by Crippen LogP contribution is -2.48. The zero-order valence-corrected chi connectivity index (χ0v) is 10.7. The molecule has 0 aliphatic carbocycles. The average Bonchev–Trinajstić information content (AvgIpc) is 2.27. The molecule has 1 fully saturated rings. The standard InChI is InChI=1S/C11H23NS/c1-10(2,3)9-12(7-8-13-9)11(4,5)6/h9H,7-8H2,1-6H3. The smallest absolute Gasteiger partial charge is 0.0611 e. The summed E-state index contributed by atoms with van der Waals surface area (Å²) in [4.78, 5) is 2.64. The van der Waals surface area contributed by atoms with Gasteiger partial charge in [-0.05, 0) is 26.2 Å². The van der Waals surface area contributed by atoms with Crippen LogP contribution in [0.5, 0.6) is 0 Å². The highest BCUT2D eigenvalue weighted by Crippen LogP contribution is 2.40. The third-order valence-electron chi connectivity index (χ3n) is 2.49. The van der Waals surface area contributed by atoms with Gasteiger partial charge in [0.15, 0.2) is 0 Å². The van der Waals surface area contributed by atoms with Gasteiger partial charge < -0.3 is 0 Å². The van der Waals surface area contributed by atoms with Gasteiger partial charge in [-0.1, -0.05) is 20.8 Å². The van der Waals surface area contributed by atoms with Gasteiger partial charge in [-0.15, -0.1) is 11.8 Å². The highest BCUT2D eigenvalue weighted by Gasteiger charge is 2.39. The first-order valence-corrected chi connectivity index (χ1v) is 6.16. The highest BCUT2D eigenvalue weighted by atomic mass is 32.2.